The summed E-state index contributed by atoms with van der Waals surface area (Å²) >= 11 is 0. The standard InChI is InChI=1S/C12H12N2O3/c1-7(2)9-6-12(15)13-11-4-3-8(14(16)17)5-10(9)11/h3-7H,1-2H3,(H,13,15). The average Bonchev–Trinajstić information content (AvgIpc) is 2.26. The topological polar surface area (TPSA) is 76.0 Å². The van der Waals surface area contributed by atoms with Crippen molar-refractivity contribution >= 4 is 16.6 Å². The second-order valence-electron chi connectivity index (χ2n) is 4.23. The zero-order valence-corrected chi connectivity index (χ0v) is 9.56. The van der Waals surface area contributed by atoms with Crippen LogP contribution in [0.15, 0.2) is 29.1 Å². The van der Waals surface area contributed by atoms with E-state index < -0.39 is 4.92 Å². The van der Waals surface area contributed by atoms with Crippen molar-refractivity contribution in [3.63, 3.8) is 0 Å². The molecule has 0 amide bonds. The van der Waals surface area contributed by atoms with Crippen LogP contribution in [0.1, 0.15) is 25.3 Å². The van der Waals surface area contributed by atoms with E-state index in [2.05, 4.69) is 4.98 Å². The minimum absolute atomic E-state index is 0.0337. The summed E-state index contributed by atoms with van der Waals surface area (Å²) in [6.45, 7) is 3.90. The number of nitro benzene ring substituents is 1. The van der Waals surface area contributed by atoms with Gasteiger partial charge in [0.25, 0.3) is 5.69 Å². The van der Waals surface area contributed by atoms with Gasteiger partial charge in [-0.25, -0.2) is 0 Å². The van der Waals surface area contributed by atoms with Gasteiger partial charge in [-0.05, 0) is 17.5 Å². The molecular formula is C12H12N2O3. The Labute approximate surface area is 97.2 Å². The largest absolute Gasteiger partial charge is 0.322 e. The smallest absolute Gasteiger partial charge is 0.270 e. The Kier molecular flexibility index (Phi) is 2.67. The van der Waals surface area contributed by atoms with Gasteiger partial charge in [-0.15, -0.1) is 0 Å². The Morgan fingerprint density at radius 1 is 1.29 bits per heavy atom. The van der Waals surface area contributed by atoms with Crippen molar-refractivity contribution in [2.75, 3.05) is 0 Å². The molecule has 2 aromatic rings. The molecule has 1 heterocycles. The van der Waals surface area contributed by atoms with Crippen LogP contribution in [0, 0.1) is 10.1 Å². The van der Waals surface area contributed by atoms with Gasteiger partial charge in [-0.1, -0.05) is 13.8 Å². The molecule has 0 fully saturated rings. The van der Waals surface area contributed by atoms with Crippen molar-refractivity contribution in [1.29, 1.82) is 0 Å². The van der Waals surface area contributed by atoms with Crippen LogP contribution in [-0.4, -0.2) is 9.91 Å². The molecule has 0 aliphatic rings. The second-order valence-corrected chi connectivity index (χ2v) is 4.23. The summed E-state index contributed by atoms with van der Waals surface area (Å²) in [7, 11) is 0. The molecule has 0 saturated heterocycles. The van der Waals surface area contributed by atoms with E-state index in [1.807, 2.05) is 13.8 Å². The predicted molar refractivity (Wildman–Crippen MR) is 65.3 cm³/mol. The van der Waals surface area contributed by atoms with Gasteiger partial charge in [0.15, 0.2) is 0 Å². The molecule has 5 nitrogen and oxygen atoms in total. The van der Waals surface area contributed by atoms with Crippen LogP contribution in [0.25, 0.3) is 10.9 Å². The van der Waals surface area contributed by atoms with E-state index >= 15 is 0 Å². The lowest BCUT2D eigenvalue weighted by atomic mass is 9.99. The highest BCUT2D eigenvalue weighted by atomic mass is 16.6. The summed E-state index contributed by atoms with van der Waals surface area (Å²) in [5, 5.41) is 11.5. The second kappa shape index (κ2) is 4.01. The molecule has 0 radical (unpaired) electrons. The number of non-ortho nitro benzene ring substituents is 1. The van der Waals surface area contributed by atoms with Crippen LogP contribution in [0.4, 0.5) is 5.69 Å². The molecule has 88 valence electrons. The van der Waals surface area contributed by atoms with Crippen LogP contribution < -0.4 is 5.56 Å². The summed E-state index contributed by atoms with van der Waals surface area (Å²) in [5.74, 6) is 0.141. The number of hydrogen-bond acceptors (Lipinski definition) is 3. The van der Waals surface area contributed by atoms with Crippen molar-refractivity contribution in [2.45, 2.75) is 19.8 Å². The molecular weight excluding hydrogens is 220 g/mol. The normalized spacial score (nSPS) is 11.0. The maximum Gasteiger partial charge on any atom is 0.270 e. The molecule has 0 bridgehead atoms. The Bertz CT molecular complexity index is 644. The summed E-state index contributed by atoms with van der Waals surface area (Å²) in [6, 6.07) is 5.96. The lowest BCUT2D eigenvalue weighted by Gasteiger charge is -2.08. The number of nitrogens with zero attached hydrogens (tertiary/aromatic N) is 1. The number of aromatic amines is 1. The highest BCUT2D eigenvalue weighted by molar-refractivity contribution is 5.84. The number of rotatable bonds is 2. The molecule has 5 heteroatoms. The van der Waals surface area contributed by atoms with E-state index in [1.54, 1.807) is 6.07 Å². The molecule has 0 aliphatic carbocycles. The number of benzene rings is 1. The Hall–Kier alpha value is -2.17. The predicted octanol–water partition coefficient (Wildman–Crippen LogP) is 2.56. The minimum Gasteiger partial charge on any atom is -0.322 e. The number of pyridine rings is 1. The zero-order chi connectivity index (χ0) is 12.6. The fourth-order valence-electron chi connectivity index (χ4n) is 1.86. The molecule has 2 rings (SSSR count). The molecule has 1 aromatic carbocycles. The zero-order valence-electron chi connectivity index (χ0n) is 9.56. The molecule has 1 aromatic heterocycles. The van der Waals surface area contributed by atoms with Crippen LogP contribution >= 0.6 is 0 Å². The first-order chi connectivity index (χ1) is 7.99. The molecule has 0 saturated carbocycles. The first kappa shape index (κ1) is 11.3. The molecule has 0 aliphatic heterocycles. The van der Waals surface area contributed by atoms with Gasteiger partial charge in [-0.3, -0.25) is 14.9 Å². The quantitative estimate of drug-likeness (QED) is 0.638. The van der Waals surface area contributed by atoms with E-state index in [1.165, 1.54) is 18.2 Å². The number of hydrogen-bond donors (Lipinski definition) is 1. The van der Waals surface area contributed by atoms with E-state index in [9.17, 15) is 14.9 Å². The number of aromatic nitrogens is 1. The molecule has 0 unspecified atom stereocenters. The highest BCUT2D eigenvalue weighted by Crippen LogP contribution is 2.25. The molecule has 0 spiro atoms. The van der Waals surface area contributed by atoms with Gasteiger partial charge in [0.2, 0.25) is 5.56 Å². The third kappa shape index (κ3) is 2.04. The average molecular weight is 232 g/mol. The molecule has 17 heavy (non-hydrogen) atoms. The summed E-state index contributed by atoms with van der Waals surface area (Å²) < 4.78 is 0. The van der Waals surface area contributed by atoms with Gasteiger partial charge in [0.05, 0.1) is 4.92 Å². The van der Waals surface area contributed by atoms with Gasteiger partial charge < -0.3 is 4.98 Å². The third-order valence-electron chi connectivity index (χ3n) is 2.69. The minimum atomic E-state index is -0.436. The lowest BCUT2D eigenvalue weighted by Crippen LogP contribution is -2.07. The van der Waals surface area contributed by atoms with Gasteiger partial charge >= 0.3 is 0 Å². The number of nitro groups is 1. The van der Waals surface area contributed by atoms with Crippen molar-refractivity contribution in [2.24, 2.45) is 0 Å². The van der Waals surface area contributed by atoms with Crippen LogP contribution in [0.3, 0.4) is 0 Å². The summed E-state index contributed by atoms with van der Waals surface area (Å²) in [5.41, 5.74) is 1.31. The Morgan fingerprint density at radius 3 is 2.59 bits per heavy atom. The van der Waals surface area contributed by atoms with Gasteiger partial charge in [-0.2, -0.15) is 0 Å². The van der Waals surface area contributed by atoms with Crippen molar-refractivity contribution in [3.05, 3.63) is 50.3 Å². The van der Waals surface area contributed by atoms with Crippen molar-refractivity contribution in [1.82, 2.24) is 4.98 Å². The van der Waals surface area contributed by atoms with Crippen molar-refractivity contribution in [3.8, 4) is 0 Å². The lowest BCUT2D eigenvalue weighted by molar-refractivity contribution is -0.384. The molecule has 1 N–H and O–H groups in total. The van der Waals surface area contributed by atoms with E-state index in [0.29, 0.717) is 5.52 Å². The molecule has 0 atom stereocenters. The Morgan fingerprint density at radius 2 is 2.00 bits per heavy atom. The van der Waals surface area contributed by atoms with Crippen molar-refractivity contribution < 1.29 is 4.92 Å². The van der Waals surface area contributed by atoms with Gasteiger partial charge in [0, 0.05) is 29.1 Å². The first-order valence-corrected chi connectivity index (χ1v) is 5.30. The highest BCUT2D eigenvalue weighted by Gasteiger charge is 2.11. The maximum atomic E-state index is 11.4. The van der Waals surface area contributed by atoms with Crippen LogP contribution in [0.2, 0.25) is 0 Å². The maximum absolute atomic E-state index is 11.4. The van der Waals surface area contributed by atoms with Crippen LogP contribution in [-0.2, 0) is 0 Å². The van der Waals surface area contributed by atoms with Gasteiger partial charge in [0.1, 0.15) is 0 Å². The fraction of sp³-hybridized carbons (Fsp3) is 0.250. The van der Waals surface area contributed by atoms with E-state index in [-0.39, 0.29) is 17.2 Å². The van der Waals surface area contributed by atoms with E-state index in [4.69, 9.17) is 0 Å². The fourth-order valence-corrected chi connectivity index (χ4v) is 1.86. The first-order valence-electron chi connectivity index (χ1n) is 5.30. The summed E-state index contributed by atoms with van der Waals surface area (Å²) in [4.78, 5) is 24.4. The van der Waals surface area contributed by atoms with E-state index in [0.717, 1.165) is 10.9 Å². The number of fused-ring (bicyclic) bond motifs is 1. The SMILES string of the molecule is CC(C)c1cc(=O)[nH]c2ccc([N+](=O)[O-])cc12. The Balaban J connectivity index is 2.82. The van der Waals surface area contributed by atoms with Crippen LogP contribution in [0.5, 0.6) is 0 Å². The number of nitrogens with one attached hydrogen (secondary N) is 1. The monoisotopic (exact) mass is 232 g/mol. The number of H-pyrrole nitrogens is 1. The third-order valence-corrected chi connectivity index (χ3v) is 2.69. The summed E-state index contributed by atoms with van der Waals surface area (Å²) in [6.07, 6.45) is 0.